The van der Waals surface area contributed by atoms with Crippen molar-refractivity contribution in [2.45, 2.75) is 13.0 Å². The summed E-state index contributed by atoms with van der Waals surface area (Å²) in [5.41, 5.74) is 2.86. The van der Waals surface area contributed by atoms with E-state index in [1.807, 2.05) is 78.9 Å². The molecule has 0 spiro atoms. The number of amides is 1. The van der Waals surface area contributed by atoms with E-state index in [-0.39, 0.29) is 6.54 Å². The fourth-order valence-electron chi connectivity index (χ4n) is 3.00. The number of rotatable bonds is 7. The Balaban J connectivity index is 1.99. The van der Waals surface area contributed by atoms with Crippen LogP contribution in [0.5, 0.6) is 0 Å². The Kier molecular flexibility index (Phi) is 6.62. The topological polar surface area (TPSA) is 54.5 Å². The van der Waals surface area contributed by atoms with Crippen molar-refractivity contribution in [2.24, 2.45) is 0 Å². The van der Waals surface area contributed by atoms with Crippen LogP contribution in [0.15, 0.2) is 97.1 Å². The molecule has 29 heavy (non-hydrogen) atoms. The van der Waals surface area contributed by atoms with Gasteiger partial charge in [0.2, 0.25) is 10.0 Å². The van der Waals surface area contributed by atoms with Gasteiger partial charge in [0, 0.05) is 5.57 Å². The fourth-order valence-corrected chi connectivity index (χ4v) is 3.79. The third-order valence-corrected chi connectivity index (χ3v) is 5.59. The number of sulfonamides is 1. The minimum Gasteiger partial charge on any atom is -0.268 e. The van der Waals surface area contributed by atoms with Gasteiger partial charge in [-0.3, -0.25) is 4.79 Å². The summed E-state index contributed by atoms with van der Waals surface area (Å²) in [6.45, 7) is -0.00594. The van der Waals surface area contributed by atoms with Crippen LogP contribution in [0, 0.1) is 0 Å². The molecule has 0 unspecified atom stereocenters. The Hall–Kier alpha value is -3.18. The van der Waals surface area contributed by atoms with E-state index in [4.69, 9.17) is 0 Å². The minimum absolute atomic E-state index is 0.00594. The van der Waals surface area contributed by atoms with Crippen molar-refractivity contribution in [3.8, 4) is 0 Å². The van der Waals surface area contributed by atoms with Crippen molar-refractivity contribution in [2.75, 3.05) is 6.26 Å². The molecule has 5 heteroatoms. The summed E-state index contributed by atoms with van der Waals surface area (Å²) in [7, 11) is -3.76. The highest BCUT2D eigenvalue weighted by Gasteiger charge is 2.27. The van der Waals surface area contributed by atoms with Gasteiger partial charge in [-0.2, -0.15) is 0 Å². The van der Waals surface area contributed by atoms with E-state index in [9.17, 15) is 13.2 Å². The third-order valence-electron chi connectivity index (χ3n) is 4.50. The summed E-state index contributed by atoms with van der Waals surface area (Å²) in [5.74, 6) is -0.529. The average molecular weight is 406 g/mol. The number of allylic oxidation sites excluding steroid dienone is 1. The van der Waals surface area contributed by atoms with Gasteiger partial charge in [0.15, 0.2) is 0 Å². The molecule has 3 aromatic rings. The molecule has 0 bridgehead atoms. The van der Waals surface area contributed by atoms with Gasteiger partial charge in [-0.05, 0) is 23.1 Å². The first-order valence-corrected chi connectivity index (χ1v) is 11.2. The lowest BCUT2D eigenvalue weighted by molar-refractivity contribution is -0.121. The molecule has 4 nitrogen and oxygen atoms in total. The number of nitrogens with zero attached hydrogens (tertiary/aromatic N) is 1. The van der Waals surface area contributed by atoms with Crippen molar-refractivity contribution in [3.63, 3.8) is 0 Å². The molecule has 0 saturated carbocycles. The summed E-state index contributed by atoms with van der Waals surface area (Å²) in [6, 6.07) is 28.0. The van der Waals surface area contributed by atoms with E-state index < -0.39 is 15.9 Å². The molecule has 0 aromatic heterocycles. The van der Waals surface area contributed by atoms with Gasteiger partial charge in [-0.25, -0.2) is 12.7 Å². The van der Waals surface area contributed by atoms with E-state index in [1.54, 1.807) is 18.2 Å². The molecule has 0 aliphatic rings. The van der Waals surface area contributed by atoms with Gasteiger partial charge in [-0.15, -0.1) is 0 Å². The number of benzene rings is 3. The third kappa shape index (κ3) is 5.65. The zero-order chi connectivity index (χ0) is 20.7. The van der Waals surface area contributed by atoms with E-state index in [2.05, 4.69) is 0 Å². The summed E-state index contributed by atoms with van der Waals surface area (Å²) in [6.07, 6.45) is 3.39. The molecular formula is C24H23NO3S. The normalized spacial score (nSPS) is 11.8. The molecule has 0 aliphatic heterocycles. The lowest BCUT2D eigenvalue weighted by atomic mass is 10.0. The zero-order valence-electron chi connectivity index (χ0n) is 16.2. The van der Waals surface area contributed by atoms with Crippen LogP contribution in [0.3, 0.4) is 0 Å². The van der Waals surface area contributed by atoms with Crippen molar-refractivity contribution < 1.29 is 13.2 Å². The van der Waals surface area contributed by atoms with Gasteiger partial charge >= 0.3 is 0 Å². The second-order valence-corrected chi connectivity index (χ2v) is 8.64. The molecule has 1 amide bonds. The molecule has 0 radical (unpaired) electrons. The predicted molar refractivity (Wildman–Crippen MR) is 116 cm³/mol. The van der Waals surface area contributed by atoms with Crippen molar-refractivity contribution in [1.82, 2.24) is 4.31 Å². The maximum atomic E-state index is 13.4. The first-order chi connectivity index (χ1) is 13.9. The fraction of sp³-hybridized carbons (Fsp3) is 0.125. The number of carbonyl (C=O) groups is 1. The Morgan fingerprint density at radius 2 is 1.28 bits per heavy atom. The first kappa shape index (κ1) is 20.6. The van der Waals surface area contributed by atoms with Crippen LogP contribution < -0.4 is 0 Å². The van der Waals surface area contributed by atoms with Crippen molar-refractivity contribution in [1.29, 1.82) is 0 Å². The predicted octanol–water partition coefficient (Wildman–Crippen LogP) is 4.30. The first-order valence-electron chi connectivity index (χ1n) is 9.30. The van der Waals surface area contributed by atoms with Gasteiger partial charge in [0.05, 0.1) is 12.8 Å². The maximum absolute atomic E-state index is 13.4. The van der Waals surface area contributed by atoms with Gasteiger partial charge in [-0.1, -0.05) is 97.1 Å². The van der Waals surface area contributed by atoms with Gasteiger partial charge in [0.1, 0.15) is 0 Å². The highest BCUT2D eigenvalue weighted by molar-refractivity contribution is 7.88. The molecule has 0 aliphatic carbocycles. The van der Waals surface area contributed by atoms with Crippen LogP contribution in [0.1, 0.15) is 16.7 Å². The van der Waals surface area contributed by atoms with Crippen molar-refractivity contribution in [3.05, 3.63) is 114 Å². The number of hydrogen-bond acceptors (Lipinski definition) is 3. The highest BCUT2D eigenvalue weighted by Crippen LogP contribution is 2.22. The minimum atomic E-state index is -3.76. The average Bonchev–Trinajstić information content (AvgIpc) is 2.73. The van der Waals surface area contributed by atoms with E-state index in [0.717, 1.165) is 21.7 Å². The SMILES string of the molecule is CS(=O)(=O)N(Cc1ccccc1)C(=O)/C(=C/Cc1ccccc1)c1ccccc1. The smallest absolute Gasteiger partial charge is 0.267 e. The van der Waals surface area contributed by atoms with Crippen LogP contribution in [0.25, 0.3) is 5.57 Å². The Morgan fingerprint density at radius 1 is 0.793 bits per heavy atom. The molecular weight excluding hydrogens is 382 g/mol. The van der Waals surface area contributed by atoms with Crippen LogP contribution in [-0.4, -0.2) is 24.9 Å². The zero-order valence-corrected chi connectivity index (χ0v) is 17.0. The van der Waals surface area contributed by atoms with E-state index in [1.165, 1.54) is 0 Å². The Labute approximate surface area is 172 Å². The second kappa shape index (κ2) is 9.34. The summed E-state index contributed by atoms with van der Waals surface area (Å²) in [5, 5.41) is 0. The summed E-state index contributed by atoms with van der Waals surface area (Å²) < 4.78 is 25.9. The van der Waals surface area contributed by atoms with Gasteiger partial charge in [0.25, 0.3) is 5.91 Å². The Bertz CT molecular complexity index is 1080. The molecule has 0 fully saturated rings. The summed E-state index contributed by atoms with van der Waals surface area (Å²) in [4.78, 5) is 13.4. The van der Waals surface area contributed by atoms with Crippen LogP contribution >= 0.6 is 0 Å². The maximum Gasteiger partial charge on any atom is 0.267 e. The summed E-state index contributed by atoms with van der Waals surface area (Å²) >= 11 is 0. The molecule has 3 rings (SSSR count). The highest BCUT2D eigenvalue weighted by atomic mass is 32.2. The molecule has 3 aromatic carbocycles. The van der Waals surface area contributed by atoms with Gasteiger partial charge < -0.3 is 0 Å². The van der Waals surface area contributed by atoms with Crippen LogP contribution in [0.4, 0.5) is 0 Å². The molecule has 148 valence electrons. The van der Waals surface area contributed by atoms with E-state index in [0.29, 0.717) is 17.6 Å². The lowest BCUT2D eigenvalue weighted by Crippen LogP contribution is -2.36. The molecule has 0 saturated heterocycles. The quantitative estimate of drug-likeness (QED) is 0.551. The number of carbonyl (C=O) groups excluding carboxylic acids is 1. The molecule has 0 N–H and O–H groups in total. The monoisotopic (exact) mass is 405 g/mol. The van der Waals surface area contributed by atoms with Crippen LogP contribution in [0.2, 0.25) is 0 Å². The molecule has 0 atom stereocenters. The van der Waals surface area contributed by atoms with Crippen molar-refractivity contribution >= 4 is 21.5 Å². The molecule has 0 heterocycles. The largest absolute Gasteiger partial charge is 0.268 e. The lowest BCUT2D eigenvalue weighted by Gasteiger charge is -2.22. The number of hydrogen-bond donors (Lipinski definition) is 0. The Morgan fingerprint density at radius 3 is 1.79 bits per heavy atom. The standard InChI is InChI=1S/C24H23NO3S/c1-29(27,28)25(19-21-13-7-3-8-14-21)24(26)23(22-15-9-4-10-16-22)18-17-20-11-5-2-6-12-20/h2-16,18H,17,19H2,1H3/b23-18+. The van der Waals surface area contributed by atoms with E-state index >= 15 is 0 Å². The van der Waals surface area contributed by atoms with Crippen LogP contribution in [-0.2, 0) is 27.8 Å². The second-order valence-electron chi connectivity index (χ2n) is 6.73.